The average Bonchev–Trinajstić information content (AvgIpc) is 1.65. The Hall–Kier alpha value is -5.90. The molecule has 0 amide bonds. The predicted octanol–water partition coefficient (Wildman–Crippen LogP) is 13.1. The third-order valence-electron chi connectivity index (χ3n) is 24.3. The molecule has 0 radical (unpaired) electrons. The van der Waals surface area contributed by atoms with Crippen molar-refractivity contribution in [3.05, 3.63) is 132 Å². The Morgan fingerprint density at radius 1 is 0.474 bits per heavy atom. The molecular weight excluding hydrogens is 1850 g/mol. The van der Waals surface area contributed by atoms with Crippen molar-refractivity contribution in [2.45, 2.75) is 378 Å². The summed E-state index contributed by atoms with van der Waals surface area (Å²) in [5, 5.41) is 10.3. The summed E-state index contributed by atoms with van der Waals surface area (Å²) in [5.41, 5.74) is -4.38. The van der Waals surface area contributed by atoms with Gasteiger partial charge in [-0.15, -0.1) is 0 Å². The fourth-order valence-electron chi connectivity index (χ4n) is 16.1. The zero-order chi connectivity index (χ0) is 100. The number of aromatic amines is 4. The smallest absolute Gasteiger partial charge is 0.330 e. The Labute approximate surface area is 806 Å². The Morgan fingerprint density at radius 2 is 0.741 bits per heavy atom. The van der Waals surface area contributed by atoms with Crippen LogP contribution in [0, 0.1) is 23.7 Å². The van der Waals surface area contributed by atoms with Gasteiger partial charge in [-0.2, -0.15) is 0 Å². The average molecular weight is 2010 g/mol. The van der Waals surface area contributed by atoms with Crippen LogP contribution in [-0.2, 0) is 89.0 Å². The number of aliphatic hydroxyl groups is 1. The van der Waals surface area contributed by atoms with Gasteiger partial charge in [-0.25, -0.2) is 28.5 Å². The van der Waals surface area contributed by atoms with Gasteiger partial charge in [0.05, 0.1) is 24.4 Å². The summed E-state index contributed by atoms with van der Waals surface area (Å²) in [7, 11) is 1.76. The summed E-state index contributed by atoms with van der Waals surface area (Å²) in [5.74, 6) is -0.588. The summed E-state index contributed by atoms with van der Waals surface area (Å²) in [4.78, 5) is 149. The number of carbonyl (C=O) groups is 4. The van der Waals surface area contributed by atoms with Crippen LogP contribution in [0.5, 0.6) is 0 Å². The maximum absolute atomic E-state index is 12.5. The summed E-state index contributed by atoms with van der Waals surface area (Å²) in [6.45, 7) is 52.8. The third kappa shape index (κ3) is 36.9. The molecule has 0 saturated carbocycles. The van der Waals surface area contributed by atoms with Gasteiger partial charge in [0.2, 0.25) is 6.65 Å². The van der Waals surface area contributed by atoms with Gasteiger partial charge >= 0.3 is 22.8 Å². The first-order chi connectivity index (χ1) is 61.3. The maximum atomic E-state index is 12.5. The molecule has 135 heavy (non-hydrogen) atoms. The van der Waals surface area contributed by atoms with Gasteiger partial charge in [0.25, 0.3) is 30.8 Å². The van der Waals surface area contributed by atoms with Crippen molar-refractivity contribution < 1.29 is 94.1 Å². The molecule has 10 heterocycles. The van der Waals surface area contributed by atoms with E-state index < -0.39 is 175 Å². The number of aromatic nitrogens is 8. The van der Waals surface area contributed by atoms with Gasteiger partial charge in [-0.05, 0) is 173 Å². The number of carbonyl (C=O) groups excluding carboxylic acids is 4. The highest BCUT2D eigenvalue weighted by molar-refractivity contribution is 7.86. The van der Waals surface area contributed by atoms with E-state index in [9.17, 15) is 67.2 Å². The molecule has 6 saturated heterocycles. The molecule has 0 bridgehead atoms. The van der Waals surface area contributed by atoms with E-state index in [0.717, 1.165) is 32.7 Å². The number of H-pyrrole nitrogens is 4. The SMILES string of the molecule is C.C.C.C1CCOC1.C1CCOC1.CC(C)N(C(C)C)P(C)(=O)Cl.CO[C@H]1C(O)[C@@H]([C@@H](C)CC(C)=O)O[C@H]1n1ccc(=O)[nH]c1=O.CO[C@H]1C(OP(OC)N(C(C)C)C(C)C)[C@@H]([C@@H](C)CC(C)=O)O[C@H]1n1ccc(=O)[nH]c1=O.CO[C@H]1C(O[Si](C)(C)C(C)(C)C)[C@@H]([C@@H](C)CC(C)=O)O[C@H]1n1ccc(=O)[nH]c1=O.CO[C@H]1C(O[Si](C)(C)C(C)(C)C)[C@@H]([C@@H](C)CC=O)O[C@H]1n1ccc(=O)[nH]c1=O. The van der Waals surface area contributed by atoms with Crippen LogP contribution in [-0.4, -0.2) is 259 Å². The van der Waals surface area contributed by atoms with Gasteiger partial charge in [0.1, 0.15) is 72.5 Å². The van der Waals surface area contributed by atoms with E-state index in [1.165, 1.54) is 121 Å². The molecule has 4 aromatic rings. The minimum Gasteiger partial charge on any atom is -0.408 e. The minimum absolute atomic E-state index is 0. The summed E-state index contributed by atoms with van der Waals surface area (Å²) in [6, 6.07) is 5.78. The molecule has 38 nitrogen and oxygen atoms in total. The van der Waals surface area contributed by atoms with Crippen LogP contribution >= 0.6 is 26.4 Å². The first kappa shape index (κ1) is 127. The van der Waals surface area contributed by atoms with Gasteiger partial charge < -0.3 is 89.6 Å². The number of methoxy groups -OCH3 is 4. The number of aliphatic hydroxyl groups excluding tert-OH is 1. The number of aldehydes is 1. The first-order valence-electron chi connectivity index (χ1n) is 45.3. The van der Waals surface area contributed by atoms with Gasteiger partial charge in [-0.3, -0.25) is 61.9 Å². The Morgan fingerprint density at radius 3 is 0.963 bits per heavy atom. The van der Waals surface area contributed by atoms with Crippen molar-refractivity contribution in [1.82, 2.24) is 47.5 Å². The van der Waals surface area contributed by atoms with Crippen molar-refractivity contribution >= 4 is 66.7 Å². The molecule has 0 spiro atoms. The number of hydrogen-bond acceptors (Lipinski definition) is 29. The van der Waals surface area contributed by atoms with Crippen molar-refractivity contribution in [2.75, 3.05) is 68.6 Å². The number of nitrogens with one attached hydrogen (secondary N) is 4. The normalized spacial score (nSPS) is 25.4. The zero-order valence-electron chi connectivity index (χ0n) is 83.5. The lowest BCUT2D eigenvalue weighted by Gasteiger charge is -2.41. The number of halogens is 1. The number of ether oxygens (including phenoxy) is 10. The largest absolute Gasteiger partial charge is 0.408 e. The van der Waals surface area contributed by atoms with E-state index >= 15 is 0 Å². The van der Waals surface area contributed by atoms with Crippen molar-refractivity contribution in [2.24, 2.45) is 23.7 Å². The number of nitrogens with zero attached hydrogens (tertiary/aromatic N) is 6. The molecule has 6 fully saturated rings. The number of Topliss-reactive ketones (excluding diaryl/α,β-unsaturated/α-hetero) is 3. The van der Waals surface area contributed by atoms with Crippen molar-refractivity contribution in [3.63, 3.8) is 0 Å². The predicted molar refractivity (Wildman–Crippen MR) is 530 cm³/mol. The van der Waals surface area contributed by atoms with Crippen LogP contribution < -0.4 is 45.0 Å². The quantitative estimate of drug-likeness (QED) is 0.0168. The van der Waals surface area contributed by atoms with Crippen molar-refractivity contribution in [1.29, 1.82) is 0 Å². The van der Waals surface area contributed by atoms with E-state index in [-0.39, 0.29) is 110 Å². The molecule has 6 aliphatic heterocycles. The first-order valence-corrected chi connectivity index (χ1v) is 55.2. The second-order valence-corrected chi connectivity index (χ2v) is 53.5. The molecular formula is C92H167ClN10O28P2Si2. The lowest BCUT2D eigenvalue weighted by molar-refractivity contribution is -0.121. The second-order valence-electron chi connectivity index (χ2n) is 38.6. The van der Waals surface area contributed by atoms with E-state index in [4.69, 9.17) is 76.5 Å². The van der Waals surface area contributed by atoms with Crippen LogP contribution in [0.4, 0.5) is 0 Å². The molecule has 5 N–H and O–H groups in total. The Balaban J connectivity index is 0.000000834. The topological polar surface area (TPSA) is 461 Å². The molecule has 6 aliphatic rings. The molecule has 4 aromatic heterocycles. The lowest BCUT2D eigenvalue weighted by atomic mass is 9.94. The van der Waals surface area contributed by atoms with Gasteiger partial charge in [0.15, 0.2) is 41.5 Å². The van der Waals surface area contributed by atoms with Crippen molar-refractivity contribution in [3.8, 4) is 0 Å². The fraction of sp³-hybridized carbons (Fsp3) is 0.783. The van der Waals surface area contributed by atoms with Crippen LogP contribution in [0.25, 0.3) is 0 Å². The standard InChI is InChI=1S/C21H36N3O7P.C20H34N2O6Si.C19H32N2O6Si.C14H20N2O6.C7H17ClNOP.2C4H8O.3CH4/c1-12(2)24(13(3)4)32(29-8)31-18-17(14(5)11-15(6)25)30-20(19(18)28-7)23-10-9-16(26)22-21(23)27;1-12(11-13(2)23)15-16(28-29(7,8)20(3,4)5)17(26-6)18(27-15)22-10-9-14(24)21-19(22)25;1-12(9-11-22)14-15(27-28(6,7)19(2,3)4)16(25-5)17(26-14)21-10-8-13(23)20-18(21)24;1-7(6-8(2)17)11-10(19)12(21-3)13(22-11)16-5-4-9(18)15-14(16)20;1-6(2)9(7(3)4)11(5,8)10;2*1-2-4-5-3-1;;;/h9-10,12-14,17-20H,11H2,1-8H3,(H,22,26,27);9-10,12,15-18H,11H2,1-8H3,(H,21,24,25);8,10-12,14-17H,9H2,1-7H3,(H,20,23,24);4-5,7,10-13,19H,6H2,1-3H3,(H,15,18,20);6-7H,1-5H3;2*1-4H2;3*1H4/t14-,17+,18?,19-,20+,32?;12-,15+,16?,17-,18+;12-,14+,15?,16-,17+;7-,10?,11+,12-,13+;;;;;;/m0000....../s1. The molecule has 22 atom stereocenters. The molecule has 43 heteroatoms. The Bertz CT molecular complexity index is 4740. The molecule has 0 aromatic carbocycles. The monoisotopic (exact) mass is 2010 g/mol. The van der Waals surface area contributed by atoms with Crippen LogP contribution in [0.3, 0.4) is 0 Å². The molecule has 0 aliphatic carbocycles. The lowest BCUT2D eigenvalue weighted by Crippen LogP contribution is -2.50. The fourth-order valence-corrected chi connectivity index (χ4v) is 22.9. The summed E-state index contributed by atoms with van der Waals surface area (Å²) < 4.78 is 103. The molecule has 10 rings (SSSR count). The van der Waals surface area contributed by atoms with Gasteiger partial charge in [-0.1, -0.05) is 91.5 Å². The van der Waals surface area contributed by atoms with E-state index in [1.54, 1.807) is 41.8 Å². The maximum Gasteiger partial charge on any atom is 0.330 e. The number of ketones is 3. The highest BCUT2D eigenvalue weighted by Crippen LogP contribution is 2.54. The third-order valence-corrected chi connectivity index (χ3v) is 37.5. The van der Waals surface area contributed by atoms with E-state index in [0.29, 0.717) is 12.8 Å². The number of hydrogen-bond donors (Lipinski definition) is 5. The van der Waals surface area contributed by atoms with Crippen LogP contribution in [0.15, 0.2) is 87.4 Å². The highest BCUT2D eigenvalue weighted by Gasteiger charge is 2.56. The molecule has 778 valence electrons. The van der Waals surface area contributed by atoms with Crippen LogP contribution in [0.1, 0.15) is 244 Å². The second kappa shape index (κ2) is 57.9. The number of rotatable bonds is 33. The Kier molecular flexibility index (Phi) is 54.5. The summed E-state index contributed by atoms with van der Waals surface area (Å²) in [6.07, 6.45) is 2.33. The van der Waals surface area contributed by atoms with Crippen LogP contribution in [0.2, 0.25) is 36.3 Å². The van der Waals surface area contributed by atoms with E-state index in [1.807, 2.05) is 53.1 Å². The minimum atomic E-state index is -2.58. The summed E-state index contributed by atoms with van der Waals surface area (Å²) >= 11 is 5.77. The van der Waals surface area contributed by atoms with E-state index in [2.05, 4.69) is 120 Å². The molecule has 6 unspecified atom stereocenters. The zero-order valence-corrected chi connectivity index (χ0v) is 88.0. The highest BCUT2D eigenvalue weighted by atomic mass is 35.7. The van der Waals surface area contributed by atoms with Gasteiger partial charge in [0, 0.05) is 168 Å².